The van der Waals surface area contributed by atoms with Crippen LogP contribution >= 0.6 is 23.1 Å². The summed E-state index contributed by atoms with van der Waals surface area (Å²) in [5, 5.41) is 4.52. The molecule has 15 heavy (non-hydrogen) atoms. The fourth-order valence-electron chi connectivity index (χ4n) is 2.12. The zero-order chi connectivity index (χ0) is 10.5. The summed E-state index contributed by atoms with van der Waals surface area (Å²) in [5.74, 6) is 0. The molecule has 1 aromatic rings. The van der Waals surface area contributed by atoms with Crippen LogP contribution in [0.5, 0.6) is 0 Å². The predicted molar refractivity (Wildman–Crippen MR) is 68.5 cm³/mol. The zero-order valence-electron chi connectivity index (χ0n) is 9.11. The van der Waals surface area contributed by atoms with E-state index in [2.05, 4.69) is 16.6 Å². The Morgan fingerprint density at radius 3 is 3.27 bits per heavy atom. The first-order valence-corrected chi connectivity index (χ1v) is 7.69. The van der Waals surface area contributed by atoms with Gasteiger partial charge in [-0.1, -0.05) is 6.42 Å². The Morgan fingerprint density at radius 1 is 1.60 bits per heavy atom. The van der Waals surface area contributed by atoms with E-state index in [0.29, 0.717) is 0 Å². The minimum absolute atomic E-state index is 0.721. The zero-order valence-corrected chi connectivity index (χ0v) is 10.7. The molecule has 0 aromatic carbocycles. The monoisotopic (exact) mass is 242 g/mol. The van der Waals surface area contributed by atoms with Gasteiger partial charge < -0.3 is 5.32 Å². The van der Waals surface area contributed by atoms with E-state index in [9.17, 15) is 0 Å². The van der Waals surface area contributed by atoms with E-state index >= 15 is 0 Å². The summed E-state index contributed by atoms with van der Waals surface area (Å²) in [5.41, 5.74) is 1.91. The minimum atomic E-state index is 0.721. The van der Waals surface area contributed by atoms with Crippen LogP contribution in [-0.4, -0.2) is 22.5 Å². The SMILES string of the molecule is CSC1CCCC(NCc2cncs2)C1. The highest BCUT2D eigenvalue weighted by atomic mass is 32.2. The molecule has 1 saturated carbocycles. The molecule has 0 bridgehead atoms. The third kappa shape index (κ3) is 3.47. The van der Waals surface area contributed by atoms with Crippen LogP contribution in [0.15, 0.2) is 11.7 Å². The summed E-state index contributed by atoms with van der Waals surface area (Å²) < 4.78 is 0. The van der Waals surface area contributed by atoms with Crippen molar-refractivity contribution in [2.45, 2.75) is 43.5 Å². The molecule has 2 unspecified atom stereocenters. The van der Waals surface area contributed by atoms with Crippen molar-refractivity contribution >= 4 is 23.1 Å². The Hall–Kier alpha value is -0.0600. The quantitative estimate of drug-likeness (QED) is 0.879. The lowest BCUT2D eigenvalue weighted by atomic mass is 9.95. The van der Waals surface area contributed by atoms with Gasteiger partial charge in [-0.05, 0) is 25.5 Å². The van der Waals surface area contributed by atoms with Crippen LogP contribution in [0.4, 0.5) is 0 Å². The van der Waals surface area contributed by atoms with Crippen LogP contribution in [0.2, 0.25) is 0 Å². The van der Waals surface area contributed by atoms with Crippen molar-refractivity contribution in [3.05, 3.63) is 16.6 Å². The van der Waals surface area contributed by atoms with Crippen LogP contribution in [0.25, 0.3) is 0 Å². The molecule has 2 atom stereocenters. The van der Waals surface area contributed by atoms with Crippen LogP contribution in [0, 0.1) is 0 Å². The fourth-order valence-corrected chi connectivity index (χ4v) is 3.49. The van der Waals surface area contributed by atoms with Gasteiger partial charge in [0.05, 0.1) is 5.51 Å². The first-order chi connectivity index (χ1) is 7.38. The molecule has 0 amide bonds. The van der Waals surface area contributed by atoms with Crippen LogP contribution in [0.1, 0.15) is 30.6 Å². The summed E-state index contributed by atoms with van der Waals surface area (Å²) in [7, 11) is 0. The van der Waals surface area contributed by atoms with Crippen molar-refractivity contribution in [3.63, 3.8) is 0 Å². The molecule has 1 fully saturated rings. The van der Waals surface area contributed by atoms with Gasteiger partial charge in [0.15, 0.2) is 0 Å². The number of nitrogens with one attached hydrogen (secondary N) is 1. The predicted octanol–water partition coefficient (Wildman–Crippen LogP) is 2.91. The van der Waals surface area contributed by atoms with E-state index in [1.807, 2.05) is 23.5 Å². The largest absolute Gasteiger partial charge is 0.309 e. The van der Waals surface area contributed by atoms with Gasteiger partial charge in [0, 0.05) is 28.9 Å². The third-order valence-electron chi connectivity index (χ3n) is 3.01. The second-order valence-electron chi connectivity index (χ2n) is 4.07. The van der Waals surface area contributed by atoms with Crippen LogP contribution < -0.4 is 5.32 Å². The highest BCUT2D eigenvalue weighted by Gasteiger charge is 2.20. The molecular formula is C11H18N2S2. The van der Waals surface area contributed by atoms with Crippen molar-refractivity contribution in [1.29, 1.82) is 0 Å². The van der Waals surface area contributed by atoms with E-state index in [1.165, 1.54) is 30.6 Å². The molecule has 84 valence electrons. The number of hydrogen-bond acceptors (Lipinski definition) is 4. The maximum atomic E-state index is 4.09. The van der Waals surface area contributed by atoms with Gasteiger partial charge in [-0.15, -0.1) is 11.3 Å². The second kappa shape index (κ2) is 5.87. The molecule has 1 aliphatic carbocycles. The molecule has 1 aliphatic rings. The van der Waals surface area contributed by atoms with E-state index in [1.54, 1.807) is 11.3 Å². The maximum absolute atomic E-state index is 4.09. The average Bonchev–Trinajstić information content (AvgIpc) is 2.79. The highest BCUT2D eigenvalue weighted by molar-refractivity contribution is 7.99. The topological polar surface area (TPSA) is 24.9 Å². The van der Waals surface area contributed by atoms with E-state index < -0.39 is 0 Å². The third-order valence-corrected chi connectivity index (χ3v) is 4.88. The molecule has 2 nitrogen and oxygen atoms in total. The Bertz CT molecular complexity index is 274. The van der Waals surface area contributed by atoms with Crippen molar-refractivity contribution in [2.24, 2.45) is 0 Å². The Labute approximate surface area is 99.9 Å². The van der Waals surface area contributed by atoms with Gasteiger partial charge in [0.1, 0.15) is 0 Å². The van der Waals surface area contributed by atoms with Gasteiger partial charge >= 0.3 is 0 Å². The van der Waals surface area contributed by atoms with Crippen LogP contribution in [0.3, 0.4) is 0 Å². The number of aromatic nitrogens is 1. The number of thiazole rings is 1. The maximum Gasteiger partial charge on any atom is 0.0794 e. The van der Waals surface area contributed by atoms with E-state index in [0.717, 1.165) is 17.8 Å². The van der Waals surface area contributed by atoms with Crippen LogP contribution in [-0.2, 0) is 6.54 Å². The standard InChI is InChI=1S/C11H18N2S2/c1-14-10-4-2-3-9(5-10)13-7-11-6-12-8-15-11/h6,8-10,13H,2-5,7H2,1H3. The van der Waals surface area contributed by atoms with Gasteiger partial charge in [-0.3, -0.25) is 4.98 Å². The summed E-state index contributed by atoms with van der Waals surface area (Å²) in [6.07, 6.45) is 9.66. The number of thioether (sulfide) groups is 1. The lowest BCUT2D eigenvalue weighted by molar-refractivity contribution is 0.381. The van der Waals surface area contributed by atoms with Crippen molar-refractivity contribution in [2.75, 3.05) is 6.26 Å². The number of rotatable bonds is 4. The lowest BCUT2D eigenvalue weighted by Crippen LogP contribution is -2.34. The summed E-state index contributed by atoms with van der Waals surface area (Å²) in [6, 6.07) is 0.721. The Morgan fingerprint density at radius 2 is 2.53 bits per heavy atom. The second-order valence-corrected chi connectivity index (χ2v) is 6.18. The molecule has 0 spiro atoms. The van der Waals surface area contributed by atoms with Gasteiger partial charge in [0.25, 0.3) is 0 Å². The van der Waals surface area contributed by atoms with Gasteiger partial charge in [-0.25, -0.2) is 0 Å². The van der Waals surface area contributed by atoms with Crippen molar-refractivity contribution < 1.29 is 0 Å². The Balaban J connectivity index is 1.74. The first-order valence-electron chi connectivity index (χ1n) is 5.52. The molecule has 2 rings (SSSR count). The molecule has 0 radical (unpaired) electrons. The molecular weight excluding hydrogens is 224 g/mol. The first kappa shape index (κ1) is 11.4. The molecule has 0 aliphatic heterocycles. The Kier molecular flexibility index (Phi) is 4.47. The molecule has 4 heteroatoms. The van der Waals surface area contributed by atoms with Crippen molar-refractivity contribution in [1.82, 2.24) is 10.3 Å². The normalized spacial score (nSPS) is 26.7. The van der Waals surface area contributed by atoms with Gasteiger partial charge in [-0.2, -0.15) is 11.8 Å². The molecule has 1 heterocycles. The number of hydrogen-bond donors (Lipinski definition) is 1. The summed E-state index contributed by atoms with van der Waals surface area (Å²) in [4.78, 5) is 5.44. The average molecular weight is 242 g/mol. The summed E-state index contributed by atoms with van der Waals surface area (Å²) in [6.45, 7) is 0.996. The molecule has 0 saturated heterocycles. The van der Waals surface area contributed by atoms with E-state index in [-0.39, 0.29) is 0 Å². The molecule has 1 N–H and O–H groups in total. The molecule has 1 aromatic heterocycles. The van der Waals surface area contributed by atoms with Gasteiger partial charge in [0.2, 0.25) is 0 Å². The highest BCUT2D eigenvalue weighted by Crippen LogP contribution is 2.27. The fraction of sp³-hybridized carbons (Fsp3) is 0.727. The minimum Gasteiger partial charge on any atom is -0.309 e. The van der Waals surface area contributed by atoms with E-state index in [4.69, 9.17) is 0 Å². The lowest BCUT2D eigenvalue weighted by Gasteiger charge is -2.28. The number of nitrogens with zero attached hydrogens (tertiary/aromatic N) is 1. The smallest absolute Gasteiger partial charge is 0.0794 e. The summed E-state index contributed by atoms with van der Waals surface area (Å²) >= 11 is 3.76. The van der Waals surface area contributed by atoms with Crippen molar-refractivity contribution in [3.8, 4) is 0 Å².